The van der Waals surface area contributed by atoms with Crippen molar-refractivity contribution in [1.82, 2.24) is 21.3 Å². The first-order chi connectivity index (χ1) is 31.6. The molecule has 0 aromatic heterocycles. The first kappa shape index (κ1) is 85.6. The van der Waals surface area contributed by atoms with Crippen molar-refractivity contribution in [1.29, 1.82) is 0 Å². The zero-order valence-electron chi connectivity index (χ0n) is 52.0. The molecule has 5 nitrogen and oxygen atoms in total. The van der Waals surface area contributed by atoms with E-state index < -0.39 is 0 Å². The van der Waals surface area contributed by atoms with Gasteiger partial charge in [-0.3, -0.25) is 0 Å². The zero-order chi connectivity index (χ0) is 53.1. The van der Waals surface area contributed by atoms with Crippen LogP contribution >= 0.6 is 0 Å². The molecule has 3 aliphatic heterocycles. The van der Waals surface area contributed by atoms with E-state index in [4.69, 9.17) is 4.74 Å². The van der Waals surface area contributed by atoms with Gasteiger partial charge in [0.25, 0.3) is 0 Å². The highest BCUT2D eigenvalue weighted by Crippen LogP contribution is 2.40. The Morgan fingerprint density at radius 2 is 0.439 bits per heavy atom. The van der Waals surface area contributed by atoms with E-state index in [0.717, 1.165) is 80.8 Å². The van der Waals surface area contributed by atoms with Crippen molar-refractivity contribution in [2.24, 2.45) is 41.4 Å². The van der Waals surface area contributed by atoms with Gasteiger partial charge >= 0.3 is 0 Å². The van der Waals surface area contributed by atoms with E-state index in [0.29, 0.717) is 0 Å². The van der Waals surface area contributed by atoms with Gasteiger partial charge in [0.05, 0.1) is 6.61 Å². The highest BCUT2D eigenvalue weighted by atomic mass is 16.5. The molecule has 5 heteroatoms. The number of rotatable bonds is 0. The van der Waals surface area contributed by atoms with Crippen molar-refractivity contribution in [3.63, 3.8) is 0 Å². The standard InChI is InChI=1S/C8H14.C7H14.C6H13N.C5H12N2.C5H11NO.5C4H10.5C2H6/c1-2-8-5-3-7(1)4-6-8;2*1-2-4-6-7-5-3-1;1-2-6-4-5-7-3-1;1-2-6-3-5-7-4-1;5*1-4(2)3;5*1-2/h7-8H,1-6H2;1-7H2;7H,1-6H2;6-7H,1-5H2;6H,1-5H2;5*4H,1-3H3;5*1-2H3. The van der Waals surface area contributed by atoms with Gasteiger partial charge in [0.2, 0.25) is 0 Å². The lowest BCUT2D eigenvalue weighted by Gasteiger charge is -2.35. The fourth-order valence-corrected chi connectivity index (χ4v) is 5.93. The molecule has 3 saturated heterocycles. The molecule has 0 radical (unpaired) electrons. The number of nitrogens with one attached hydrogen (secondary N) is 4. The minimum absolute atomic E-state index is 0.833. The van der Waals surface area contributed by atoms with Crippen LogP contribution in [0.15, 0.2) is 0 Å². The second-order valence-corrected chi connectivity index (χ2v) is 20.3. The van der Waals surface area contributed by atoms with Crippen LogP contribution in [0.4, 0.5) is 0 Å². The molecular formula is C61H144N4O. The van der Waals surface area contributed by atoms with Crippen LogP contribution in [0.2, 0.25) is 0 Å². The largest absolute Gasteiger partial charge is 0.380 e. The van der Waals surface area contributed by atoms with Crippen LogP contribution in [0.3, 0.4) is 0 Å². The van der Waals surface area contributed by atoms with E-state index in [1.807, 2.05) is 69.2 Å². The summed E-state index contributed by atoms with van der Waals surface area (Å²) < 4.78 is 5.13. The summed E-state index contributed by atoms with van der Waals surface area (Å²) in [5.74, 6) is 6.47. The quantitative estimate of drug-likeness (QED) is 0.182. The maximum atomic E-state index is 5.13. The molecule has 7 fully saturated rings. The summed E-state index contributed by atoms with van der Waals surface area (Å²) in [6, 6.07) is 0. The van der Waals surface area contributed by atoms with Crippen LogP contribution in [0.5, 0.6) is 0 Å². The van der Waals surface area contributed by atoms with Gasteiger partial charge in [0.1, 0.15) is 0 Å². The average molecular weight is 950 g/mol. The van der Waals surface area contributed by atoms with E-state index in [2.05, 4.69) is 125 Å². The lowest BCUT2D eigenvalue weighted by molar-refractivity contribution is 0.151. The van der Waals surface area contributed by atoms with Crippen molar-refractivity contribution in [2.75, 3.05) is 65.6 Å². The Bertz CT molecular complexity index is 441. The molecule has 2 bridgehead atoms. The van der Waals surface area contributed by atoms with E-state index in [1.54, 1.807) is 38.5 Å². The van der Waals surface area contributed by atoms with Crippen molar-refractivity contribution in [3.8, 4) is 0 Å². The summed E-state index contributed by atoms with van der Waals surface area (Å²) in [5.41, 5.74) is 0. The van der Waals surface area contributed by atoms with Gasteiger partial charge < -0.3 is 26.0 Å². The summed E-state index contributed by atoms with van der Waals surface area (Å²) in [6.45, 7) is 63.6. The van der Waals surface area contributed by atoms with Crippen molar-refractivity contribution >= 4 is 0 Å². The molecule has 0 spiro atoms. The normalized spacial score (nSPS) is 18.8. The van der Waals surface area contributed by atoms with Crippen molar-refractivity contribution < 1.29 is 4.74 Å². The SMILES string of the molecule is C1CC2CCC1CC2.C1CCCCCC1.C1CCCNCC1.C1CNCCNC1.C1CNCCOC1.CC.CC.CC.CC.CC.CC(C)C.CC(C)C.CC(C)C.CC(C)C.CC(C)C. The molecule has 4 saturated carbocycles. The Kier molecular flexibility index (Phi) is 114. The smallest absolute Gasteiger partial charge is 0.0590 e. The van der Waals surface area contributed by atoms with Crippen LogP contribution in [-0.2, 0) is 4.74 Å². The Morgan fingerprint density at radius 3 is 0.697 bits per heavy atom. The molecule has 0 aromatic carbocycles. The van der Waals surface area contributed by atoms with Crippen LogP contribution in [0, 0.1) is 41.4 Å². The third-order valence-corrected chi connectivity index (χ3v) is 8.41. The molecule has 414 valence electrons. The maximum Gasteiger partial charge on any atom is 0.0590 e. The lowest BCUT2D eigenvalue weighted by Crippen LogP contribution is -2.21. The fraction of sp³-hybridized carbons (Fsp3) is 1.00. The predicted octanol–water partition coefficient (Wildman–Crippen LogP) is 19.5. The van der Waals surface area contributed by atoms with E-state index in [1.165, 1.54) is 110 Å². The Morgan fingerprint density at radius 1 is 0.242 bits per heavy atom. The third kappa shape index (κ3) is 137. The molecule has 4 aliphatic carbocycles. The van der Waals surface area contributed by atoms with E-state index in [9.17, 15) is 0 Å². The Balaban J connectivity index is -0.0000000773. The van der Waals surface area contributed by atoms with Crippen LogP contribution in [0.1, 0.15) is 295 Å². The molecular weight excluding hydrogens is 805 g/mol. The first-order valence-electron chi connectivity index (χ1n) is 30.0. The molecule has 0 aromatic rings. The number of fused-ring (bicyclic) bond motifs is 3. The number of hydrogen-bond acceptors (Lipinski definition) is 5. The lowest BCUT2D eigenvalue weighted by atomic mass is 9.71. The average Bonchev–Trinajstić information content (AvgIpc) is 3.99. The molecule has 3 heterocycles. The molecule has 4 N–H and O–H groups in total. The number of ether oxygens (including phenoxy) is 1. The maximum absolute atomic E-state index is 5.13. The highest BCUT2D eigenvalue weighted by Gasteiger charge is 2.26. The van der Waals surface area contributed by atoms with Crippen molar-refractivity contribution in [2.45, 2.75) is 295 Å². The van der Waals surface area contributed by atoms with Gasteiger partial charge in [-0.1, -0.05) is 269 Å². The van der Waals surface area contributed by atoms with Crippen LogP contribution in [-0.4, -0.2) is 65.6 Å². The van der Waals surface area contributed by atoms with Crippen LogP contribution in [0.25, 0.3) is 0 Å². The Labute approximate surface area is 426 Å². The van der Waals surface area contributed by atoms with Gasteiger partial charge in [-0.15, -0.1) is 0 Å². The van der Waals surface area contributed by atoms with E-state index >= 15 is 0 Å². The molecule has 0 unspecified atom stereocenters. The number of hydrogen-bond donors (Lipinski definition) is 4. The molecule has 66 heavy (non-hydrogen) atoms. The third-order valence-electron chi connectivity index (χ3n) is 8.41. The predicted molar refractivity (Wildman–Crippen MR) is 316 cm³/mol. The summed E-state index contributed by atoms with van der Waals surface area (Å²) in [7, 11) is 0. The Hall–Kier alpha value is -0.200. The second-order valence-electron chi connectivity index (χ2n) is 20.3. The molecule has 7 rings (SSSR count). The summed E-state index contributed by atoms with van der Waals surface area (Å²) >= 11 is 0. The van der Waals surface area contributed by atoms with Gasteiger partial charge in [0.15, 0.2) is 0 Å². The highest BCUT2D eigenvalue weighted by molar-refractivity contribution is 4.79. The topological polar surface area (TPSA) is 57.3 Å². The minimum atomic E-state index is 0.833. The fourth-order valence-electron chi connectivity index (χ4n) is 5.93. The molecule has 0 atom stereocenters. The van der Waals surface area contributed by atoms with Crippen molar-refractivity contribution in [3.05, 3.63) is 0 Å². The molecule has 7 aliphatic rings. The minimum Gasteiger partial charge on any atom is -0.380 e. The zero-order valence-corrected chi connectivity index (χ0v) is 52.0. The summed E-state index contributed by atoms with van der Waals surface area (Å²) in [5, 5.41) is 13.1. The molecule has 0 amide bonds. The van der Waals surface area contributed by atoms with Gasteiger partial charge in [-0.25, -0.2) is 0 Å². The summed E-state index contributed by atoms with van der Waals surface area (Å²) in [6.07, 6.45) is 28.0. The van der Waals surface area contributed by atoms with Crippen LogP contribution < -0.4 is 21.3 Å². The van der Waals surface area contributed by atoms with E-state index in [-0.39, 0.29) is 0 Å². The van der Waals surface area contributed by atoms with Gasteiger partial charge in [-0.05, 0) is 99.8 Å². The first-order valence-corrected chi connectivity index (χ1v) is 30.0. The van der Waals surface area contributed by atoms with Gasteiger partial charge in [-0.2, -0.15) is 0 Å². The second kappa shape index (κ2) is 87.8. The summed E-state index contributed by atoms with van der Waals surface area (Å²) in [4.78, 5) is 0. The monoisotopic (exact) mass is 949 g/mol. The van der Waals surface area contributed by atoms with Gasteiger partial charge in [0, 0.05) is 26.2 Å².